The van der Waals surface area contributed by atoms with Gasteiger partial charge in [0.15, 0.2) is 5.69 Å². The van der Waals surface area contributed by atoms with Gasteiger partial charge in [0.25, 0.3) is 6.43 Å². The molecule has 88 valence electrons. The Balaban J connectivity index is 3.34. The van der Waals surface area contributed by atoms with Crippen LogP contribution < -0.4 is 0 Å². The summed E-state index contributed by atoms with van der Waals surface area (Å²) in [4.78, 5) is 14.9. The molecule has 0 amide bonds. The first kappa shape index (κ1) is 13.5. The number of pyridine rings is 1. The number of methoxy groups -OCH3 is 1. The number of carbonyl (C=O) groups excluding carboxylic acids is 1. The summed E-state index contributed by atoms with van der Waals surface area (Å²) in [7, 11) is 1.20. The van der Waals surface area contributed by atoms with Gasteiger partial charge in [-0.2, -0.15) is 0 Å². The van der Waals surface area contributed by atoms with Gasteiger partial charge in [-0.15, -0.1) is 0 Å². The highest BCUT2D eigenvalue weighted by Crippen LogP contribution is 2.31. The van der Waals surface area contributed by atoms with E-state index in [1.807, 2.05) is 0 Å². The highest BCUT2D eigenvalue weighted by atomic mass is 79.9. The van der Waals surface area contributed by atoms with Crippen LogP contribution in [0.15, 0.2) is 10.7 Å². The average Bonchev–Trinajstić information content (AvgIpc) is 2.27. The van der Waals surface area contributed by atoms with Crippen molar-refractivity contribution in [2.24, 2.45) is 0 Å². The van der Waals surface area contributed by atoms with Gasteiger partial charge < -0.3 is 4.74 Å². The summed E-state index contributed by atoms with van der Waals surface area (Å²) in [6.45, 7) is 0. The van der Waals surface area contributed by atoms with Crippen LogP contribution in [0.5, 0.6) is 0 Å². The van der Waals surface area contributed by atoms with Crippen molar-refractivity contribution in [3.63, 3.8) is 0 Å². The molecule has 1 rings (SSSR count). The highest BCUT2D eigenvalue weighted by molar-refractivity contribution is 9.10. The summed E-state index contributed by atoms with van der Waals surface area (Å²) in [5.41, 5.74) is 0.0724. The number of ether oxygens (including phenoxy) is 1. The molecule has 7 heteroatoms. The van der Waals surface area contributed by atoms with Crippen LogP contribution in [-0.2, 0) is 10.1 Å². The van der Waals surface area contributed by atoms with Crippen LogP contribution in [0.3, 0.4) is 0 Å². The van der Waals surface area contributed by atoms with Crippen LogP contribution in [0.1, 0.15) is 28.0 Å². The van der Waals surface area contributed by atoms with Crippen molar-refractivity contribution in [3.05, 3.63) is 27.5 Å². The summed E-state index contributed by atoms with van der Waals surface area (Å²) >= 11 is 6.16. The van der Waals surface area contributed by atoms with Gasteiger partial charge in [0.1, 0.15) is 0 Å². The fraction of sp³-hybridized carbons (Fsp3) is 0.333. The first-order chi connectivity index (χ1) is 7.52. The molecule has 16 heavy (non-hydrogen) atoms. The Morgan fingerprint density at radius 1 is 1.62 bits per heavy atom. The third-order valence-corrected chi connectivity index (χ3v) is 3.32. The molecule has 0 spiro atoms. The number of hydrogen-bond donors (Lipinski definition) is 0. The SMILES string of the molecule is COC(=O)c1ncc(C(F)F)c(CBr)c1Br. The van der Waals surface area contributed by atoms with E-state index >= 15 is 0 Å². The minimum Gasteiger partial charge on any atom is -0.464 e. The monoisotopic (exact) mass is 357 g/mol. The zero-order chi connectivity index (χ0) is 12.3. The maximum atomic E-state index is 12.6. The molecular weight excluding hydrogens is 352 g/mol. The molecular formula is C9H7Br2F2NO2. The largest absolute Gasteiger partial charge is 0.464 e. The smallest absolute Gasteiger partial charge is 0.357 e. The second-order valence-corrected chi connectivity index (χ2v) is 4.13. The number of rotatable bonds is 3. The summed E-state index contributed by atoms with van der Waals surface area (Å²) in [6.07, 6.45) is -1.65. The minimum atomic E-state index is -2.64. The number of halogens is 4. The molecule has 0 radical (unpaired) electrons. The van der Waals surface area contributed by atoms with E-state index in [9.17, 15) is 13.6 Å². The van der Waals surface area contributed by atoms with Crippen LogP contribution in [0.25, 0.3) is 0 Å². The van der Waals surface area contributed by atoms with Crippen molar-refractivity contribution in [2.75, 3.05) is 7.11 Å². The van der Waals surface area contributed by atoms with E-state index in [-0.39, 0.29) is 21.1 Å². The van der Waals surface area contributed by atoms with Gasteiger partial charge in [0.05, 0.1) is 11.6 Å². The molecule has 0 bridgehead atoms. The average molecular weight is 359 g/mol. The zero-order valence-electron chi connectivity index (χ0n) is 8.14. The summed E-state index contributed by atoms with van der Waals surface area (Å²) in [6, 6.07) is 0. The lowest BCUT2D eigenvalue weighted by Gasteiger charge is -2.10. The van der Waals surface area contributed by atoms with Crippen molar-refractivity contribution >= 4 is 37.8 Å². The Labute approximate surface area is 107 Å². The Hall–Kier alpha value is -0.560. The minimum absolute atomic E-state index is 0.0126. The predicted molar refractivity (Wildman–Crippen MR) is 60.9 cm³/mol. The molecule has 0 unspecified atom stereocenters. The fourth-order valence-corrected chi connectivity index (χ4v) is 2.71. The van der Waals surface area contributed by atoms with Crippen LogP contribution in [0, 0.1) is 0 Å². The molecule has 0 fully saturated rings. The fourth-order valence-electron chi connectivity index (χ4n) is 1.10. The van der Waals surface area contributed by atoms with Crippen molar-refractivity contribution in [1.29, 1.82) is 0 Å². The quantitative estimate of drug-likeness (QED) is 0.613. The first-order valence-electron chi connectivity index (χ1n) is 4.12. The Morgan fingerprint density at radius 3 is 2.69 bits per heavy atom. The molecule has 1 aromatic rings. The third kappa shape index (κ3) is 2.57. The van der Waals surface area contributed by atoms with E-state index < -0.39 is 12.4 Å². The van der Waals surface area contributed by atoms with Gasteiger partial charge in [-0.3, -0.25) is 0 Å². The Kier molecular flexibility index (Phi) is 4.79. The maximum Gasteiger partial charge on any atom is 0.357 e. The third-order valence-electron chi connectivity index (χ3n) is 1.90. The van der Waals surface area contributed by atoms with Crippen LogP contribution in [-0.4, -0.2) is 18.1 Å². The second kappa shape index (κ2) is 5.67. The second-order valence-electron chi connectivity index (χ2n) is 2.78. The number of alkyl halides is 3. The molecule has 0 aliphatic carbocycles. The van der Waals surface area contributed by atoms with E-state index in [1.165, 1.54) is 7.11 Å². The standard InChI is InChI=1S/C9H7Br2F2NO2/c1-16-9(15)7-6(11)4(2-10)5(3-14-7)8(12)13/h3,8H,2H2,1H3. The lowest BCUT2D eigenvalue weighted by Crippen LogP contribution is -2.08. The van der Waals surface area contributed by atoms with Crippen molar-refractivity contribution < 1.29 is 18.3 Å². The van der Waals surface area contributed by atoms with Gasteiger partial charge in [-0.25, -0.2) is 18.6 Å². The molecule has 0 N–H and O–H groups in total. The van der Waals surface area contributed by atoms with Gasteiger partial charge in [-0.1, -0.05) is 15.9 Å². The van der Waals surface area contributed by atoms with Gasteiger partial charge in [0.2, 0.25) is 0 Å². The summed E-state index contributed by atoms with van der Waals surface area (Å²) in [5.74, 6) is -0.671. The topological polar surface area (TPSA) is 39.2 Å². The Morgan fingerprint density at radius 2 is 2.25 bits per heavy atom. The van der Waals surface area contributed by atoms with E-state index in [2.05, 4.69) is 41.6 Å². The van der Waals surface area contributed by atoms with E-state index in [1.54, 1.807) is 0 Å². The molecule has 0 aliphatic rings. The number of nitrogens with zero attached hydrogens (tertiary/aromatic N) is 1. The number of aromatic nitrogens is 1. The first-order valence-corrected chi connectivity index (χ1v) is 6.04. The normalized spacial score (nSPS) is 10.6. The molecule has 0 aromatic carbocycles. The summed E-state index contributed by atoms with van der Waals surface area (Å²) < 4.78 is 29.9. The Bertz CT molecular complexity index is 413. The lowest BCUT2D eigenvalue weighted by atomic mass is 10.1. The zero-order valence-corrected chi connectivity index (χ0v) is 11.3. The predicted octanol–water partition coefficient (Wildman–Crippen LogP) is 3.46. The van der Waals surface area contributed by atoms with E-state index in [0.29, 0.717) is 5.56 Å². The highest BCUT2D eigenvalue weighted by Gasteiger charge is 2.21. The maximum absolute atomic E-state index is 12.6. The lowest BCUT2D eigenvalue weighted by molar-refractivity contribution is 0.0592. The molecule has 1 aromatic heterocycles. The van der Waals surface area contributed by atoms with Gasteiger partial charge in [-0.05, 0) is 21.5 Å². The number of hydrogen-bond acceptors (Lipinski definition) is 3. The van der Waals surface area contributed by atoms with Gasteiger partial charge in [0, 0.05) is 17.1 Å². The number of esters is 1. The molecule has 0 saturated heterocycles. The van der Waals surface area contributed by atoms with Crippen molar-refractivity contribution in [1.82, 2.24) is 4.98 Å². The van der Waals surface area contributed by atoms with Crippen molar-refractivity contribution in [2.45, 2.75) is 11.8 Å². The molecule has 0 aliphatic heterocycles. The van der Waals surface area contributed by atoms with Crippen LogP contribution in [0.4, 0.5) is 8.78 Å². The van der Waals surface area contributed by atoms with Gasteiger partial charge >= 0.3 is 5.97 Å². The molecule has 0 saturated carbocycles. The van der Waals surface area contributed by atoms with E-state index in [4.69, 9.17) is 0 Å². The number of carbonyl (C=O) groups is 1. The molecule has 3 nitrogen and oxygen atoms in total. The molecule has 0 atom stereocenters. The summed E-state index contributed by atoms with van der Waals surface area (Å²) in [5, 5.41) is 0.194. The molecule has 1 heterocycles. The van der Waals surface area contributed by atoms with Crippen molar-refractivity contribution in [3.8, 4) is 0 Å². The van der Waals surface area contributed by atoms with Crippen LogP contribution in [0.2, 0.25) is 0 Å². The van der Waals surface area contributed by atoms with E-state index in [0.717, 1.165) is 6.20 Å². The van der Waals surface area contributed by atoms with Crippen LogP contribution >= 0.6 is 31.9 Å².